The van der Waals surface area contributed by atoms with Gasteiger partial charge in [-0.25, -0.2) is 0 Å². The van der Waals surface area contributed by atoms with Crippen LogP contribution in [0.4, 0.5) is 0 Å². The first-order valence-corrected chi connectivity index (χ1v) is 9.27. The second-order valence-electron chi connectivity index (χ2n) is 7.07. The first kappa shape index (κ1) is 16.9. The number of fused-ring (bicyclic) bond motifs is 1. The zero-order valence-electron chi connectivity index (χ0n) is 15.1. The Morgan fingerprint density at radius 3 is 2.85 bits per heavy atom. The van der Waals surface area contributed by atoms with E-state index in [0.29, 0.717) is 18.1 Å². The molecule has 5 nitrogen and oxygen atoms in total. The van der Waals surface area contributed by atoms with Crippen LogP contribution in [0.2, 0.25) is 0 Å². The Labute approximate surface area is 153 Å². The van der Waals surface area contributed by atoms with Crippen molar-refractivity contribution in [3.8, 4) is 11.5 Å². The SMILES string of the molecule is COc1cccc2c1OCC(Cc1ccc(C(=O)N3CCCC3)cn1)C2. The van der Waals surface area contributed by atoms with Crippen molar-refractivity contribution in [2.24, 2.45) is 5.92 Å². The molecule has 3 heterocycles. The van der Waals surface area contributed by atoms with Gasteiger partial charge in [0.1, 0.15) is 0 Å². The van der Waals surface area contributed by atoms with E-state index in [-0.39, 0.29) is 5.91 Å². The topological polar surface area (TPSA) is 51.7 Å². The van der Waals surface area contributed by atoms with Crippen LogP contribution in [-0.2, 0) is 12.8 Å². The minimum Gasteiger partial charge on any atom is -0.493 e. The van der Waals surface area contributed by atoms with E-state index in [1.807, 2.05) is 29.2 Å². The monoisotopic (exact) mass is 352 g/mol. The molecule has 0 N–H and O–H groups in total. The maximum Gasteiger partial charge on any atom is 0.255 e. The summed E-state index contributed by atoms with van der Waals surface area (Å²) in [6, 6.07) is 9.90. The summed E-state index contributed by atoms with van der Waals surface area (Å²) >= 11 is 0. The van der Waals surface area contributed by atoms with Gasteiger partial charge in [-0.1, -0.05) is 12.1 Å². The highest BCUT2D eigenvalue weighted by molar-refractivity contribution is 5.94. The molecule has 1 atom stereocenters. The standard InChI is InChI=1S/C21H24N2O3/c1-25-19-6-4-5-16-11-15(14-26-20(16)19)12-18-8-7-17(13-22-18)21(24)23-9-2-3-10-23/h4-8,13,15H,2-3,9-12,14H2,1H3. The quantitative estimate of drug-likeness (QED) is 0.848. The summed E-state index contributed by atoms with van der Waals surface area (Å²) in [7, 11) is 1.67. The highest BCUT2D eigenvalue weighted by Crippen LogP contribution is 2.36. The predicted octanol–water partition coefficient (Wildman–Crippen LogP) is 3.12. The molecular weight excluding hydrogens is 328 g/mol. The van der Waals surface area contributed by atoms with Crippen LogP contribution >= 0.6 is 0 Å². The van der Waals surface area contributed by atoms with Gasteiger partial charge in [0.15, 0.2) is 11.5 Å². The summed E-state index contributed by atoms with van der Waals surface area (Å²) in [6.07, 6.45) is 5.71. The van der Waals surface area contributed by atoms with Crippen LogP contribution in [0.15, 0.2) is 36.5 Å². The highest BCUT2D eigenvalue weighted by atomic mass is 16.5. The fourth-order valence-corrected chi connectivity index (χ4v) is 3.82. The van der Waals surface area contributed by atoms with E-state index in [0.717, 1.165) is 56.0 Å². The average Bonchev–Trinajstić information content (AvgIpc) is 3.22. The molecule has 2 aromatic rings. The Kier molecular flexibility index (Phi) is 4.78. The van der Waals surface area contributed by atoms with Crippen molar-refractivity contribution in [3.05, 3.63) is 53.3 Å². The number of aromatic nitrogens is 1. The van der Waals surface area contributed by atoms with Crippen molar-refractivity contribution in [2.45, 2.75) is 25.7 Å². The number of methoxy groups -OCH3 is 1. The number of rotatable bonds is 4. The number of para-hydroxylation sites is 1. The lowest BCUT2D eigenvalue weighted by atomic mass is 9.92. The van der Waals surface area contributed by atoms with Crippen molar-refractivity contribution >= 4 is 5.91 Å². The number of hydrogen-bond donors (Lipinski definition) is 0. The molecule has 1 unspecified atom stereocenters. The number of carbonyl (C=O) groups excluding carboxylic acids is 1. The molecule has 0 bridgehead atoms. The molecule has 1 saturated heterocycles. The van der Waals surface area contributed by atoms with Crippen molar-refractivity contribution in [3.63, 3.8) is 0 Å². The lowest BCUT2D eigenvalue weighted by Gasteiger charge is -2.26. The van der Waals surface area contributed by atoms with Crippen LogP contribution in [0, 0.1) is 5.92 Å². The summed E-state index contributed by atoms with van der Waals surface area (Å²) in [4.78, 5) is 18.8. The van der Waals surface area contributed by atoms with Crippen molar-refractivity contribution in [1.29, 1.82) is 0 Å². The molecule has 1 aromatic heterocycles. The fraction of sp³-hybridized carbons (Fsp3) is 0.429. The lowest BCUT2D eigenvalue weighted by molar-refractivity contribution is 0.0792. The number of amides is 1. The van der Waals surface area contributed by atoms with Gasteiger partial charge in [0, 0.05) is 30.9 Å². The maximum atomic E-state index is 12.4. The number of carbonyl (C=O) groups is 1. The summed E-state index contributed by atoms with van der Waals surface area (Å²) in [5.41, 5.74) is 2.87. The number of nitrogens with zero attached hydrogens (tertiary/aromatic N) is 2. The highest BCUT2D eigenvalue weighted by Gasteiger charge is 2.24. The van der Waals surface area contributed by atoms with Crippen LogP contribution in [0.25, 0.3) is 0 Å². The number of hydrogen-bond acceptors (Lipinski definition) is 4. The van der Waals surface area contributed by atoms with Gasteiger partial charge in [0.2, 0.25) is 0 Å². The minimum atomic E-state index is 0.101. The summed E-state index contributed by atoms with van der Waals surface area (Å²) in [5.74, 6) is 2.14. The third-order valence-electron chi connectivity index (χ3n) is 5.22. The molecule has 1 amide bonds. The molecule has 26 heavy (non-hydrogen) atoms. The van der Waals surface area contributed by atoms with Crippen molar-refractivity contribution in [2.75, 3.05) is 26.8 Å². The molecule has 136 valence electrons. The van der Waals surface area contributed by atoms with Crippen LogP contribution in [0.5, 0.6) is 11.5 Å². The molecule has 0 saturated carbocycles. The summed E-state index contributed by atoms with van der Waals surface area (Å²) in [6.45, 7) is 2.38. The second-order valence-corrected chi connectivity index (χ2v) is 7.07. The van der Waals surface area contributed by atoms with E-state index >= 15 is 0 Å². The molecule has 0 radical (unpaired) electrons. The summed E-state index contributed by atoms with van der Waals surface area (Å²) < 4.78 is 11.3. The Morgan fingerprint density at radius 1 is 1.27 bits per heavy atom. The van der Waals surface area contributed by atoms with E-state index in [1.54, 1.807) is 13.3 Å². The second kappa shape index (κ2) is 7.36. The van der Waals surface area contributed by atoms with Crippen LogP contribution in [0.3, 0.4) is 0 Å². The average molecular weight is 352 g/mol. The number of ether oxygens (including phenoxy) is 2. The smallest absolute Gasteiger partial charge is 0.255 e. The molecule has 5 heteroatoms. The predicted molar refractivity (Wildman–Crippen MR) is 98.8 cm³/mol. The van der Waals surface area contributed by atoms with E-state index in [2.05, 4.69) is 11.1 Å². The van der Waals surface area contributed by atoms with E-state index in [1.165, 1.54) is 5.56 Å². The molecule has 4 rings (SSSR count). The van der Waals surface area contributed by atoms with E-state index in [4.69, 9.17) is 9.47 Å². The van der Waals surface area contributed by atoms with Gasteiger partial charge in [0.25, 0.3) is 5.91 Å². The van der Waals surface area contributed by atoms with Gasteiger partial charge < -0.3 is 14.4 Å². The van der Waals surface area contributed by atoms with Crippen molar-refractivity contribution < 1.29 is 14.3 Å². The molecule has 1 fully saturated rings. The van der Waals surface area contributed by atoms with Gasteiger partial charge in [-0.05, 0) is 49.4 Å². The summed E-state index contributed by atoms with van der Waals surface area (Å²) in [5, 5.41) is 0. The number of likely N-dealkylation sites (tertiary alicyclic amines) is 1. The fourth-order valence-electron chi connectivity index (χ4n) is 3.82. The third kappa shape index (κ3) is 3.39. The Hall–Kier alpha value is -2.56. The molecule has 0 spiro atoms. The minimum absolute atomic E-state index is 0.101. The molecule has 0 aliphatic carbocycles. The maximum absolute atomic E-state index is 12.4. The van der Waals surface area contributed by atoms with Gasteiger partial charge in [-0.2, -0.15) is 0 Å². The largest absolute Gasteiger partial charge is 0.493 e. The van der Waals surface area contributed by atoms with E-state index < -0.39 is 0 Å². The first-order chi connectivity index (χ1) is 12.7. The Morgan fingerprint density at radius 2 is 2.12 bits per heavy atom. The van der Waals surface area contributed by atoms with Crippen LogP contribution in [0.1, 0.15) is 34.5 Å². The van der Waals surface area contributed by atoms with E-state index in [9.17, 15) is 4.79 Å². The zero-order chi connectivity index (χ0) is 17.9. The number of pyridine rings is 1. The first-order valence-electron chi connectivity index (χ1n) is 9.27. The molecular formula is C21H24N2O3. The van der Waals surface area contributed by atoms with Crippen molar-refractivity contribution in [1.82, 2.24) is 9.88 Å². The normalized spacial score (nSPS) is 19.0. The zero-order valence-corrected chi connectivity index (χ0v) is 15.1. The Balaban J connectivity index is 1.41. The molecule has 2 aliphatic heterocycles. The molecule has 1 aromatic carbocycles. The van der Waals surface area contributed by atoms with Gasteiger partial charge in [-0.15, -0.1) is 0 Å². The van der Waals surface area contributed by atoms with Crippen LogP contribution < -0.4 is 9.47 Å². The van der Waals surface area contributed by atoms with Gasteiger partial charge in [0.05, 0.1) is 19.3 Å². The Bertz CT molecular complexity index is 782. The molecule has 2 aliphatic rings. The number of benzene rings is 1. The van der Waals surface area contributed by atoms with Gasteiger partial charge in [-0.3, -0.25) is 9.78 Å². The van der Waals surface area contributed by atoms with Crippen LogP contribution in [-0.4, -0.2) is 42.6 Å². The van der Waals surface area contributed by atoms with Gasteiger partial charge >= 0.3 is 0 Å². The third-order valence-corrected chi connectivity index (χ3v) is 5.22. The lowest BCUT2D eigenvalue weighted by Crippen LogP contribution is -2.27.